The van der Waals surface area contributed by atoms with Gasteiger partial charge in [0.2, 0.25) is 0 Å². The lowest BCUT2D eigenvalue weighted by molar-refractivity contribution is -0.0160. The summed E-state index contributed by atoms with van der Waals surface area (Å²) in [6.07, 6.45) is 3.21. The maximum absolute atomic E-state index is 14.5. The highest BCUT2D eigenvalue weighted by atomic mass is 19.1. The minimum atomic E-state index is -1.63. The van der Waals surface area contributed by atoms with Crippen molar-refractivity contribution >= 4 is 23.1 Å². The largest absolute Gasteiger partial charge is 0.488 e. The minimum Gasteiger partial charge on any atom is -0.488 e. The number of hydrogen-bond donors (Lipinski definition) is 3. The molecule has 11 heteroatoms. The van der Waals surface area contributed by atoms with Gasteiger partial charge in [0.05, 0.1) is 30.1 Å². The van der Waals surface area contributed by atoms with E-state index >= 15 is 0 Å². The molecule has 3 heterocycles. The third-order valence-electron chi connectivity index (χ3n) is 6.37. The van der Waals surface area contributed by atoms with E-state index in [9.17, 15) is 24.2 Å². The Hall–Kier alpha value is -3.57. The first kappa shape index (κ1) is 23.2. The molecule has 2 amide bonds. The van der Waals surface area contributed by atoms with Crippen LogP contribution in [0.25, 0.3) is 5.65 Å². The van der Waals surface area contributed by atoms with E-state index in [0.29, 0.717) is 35.3 Å². The number of fused-ring (bicyclic) bond motifs is 2. The van der Waals surface area contributed by atoms with Crippen LogP contribution in [0.4, 0.5) is 10.1 Å². The summed E-state index contributed by atoms with van der Waals surface area (Å²) in [4.78, 5) is 31.6. The Balaban J connectivity index is 1.44. The molecule has 2 aromatic heterocycles. The number of hydrogen-bond acceptors (Lipinski definition) is 7. The molecular formula is C24H26FN5O5. The molecule has 2 aliphatic rings. The van der Waals surface area contributed by atoms with E-state index in [1.165, 1.54) is 29.5 Å². The number of carbonyl (C=O) groups excluding carboxylic acids is 2. The van der Waals surface area contributed by atoms with Gasteiger partial charge in [-0.1, -0.05) is 0 Å². The van der Waals surface area contributed by atoms with Gasteiger partial charge in [0.25, 0.3) is 11.8 Å². The Kier molecular flexibility index (Phi) is 5.68. The van der Waals surface area contributed by atoms with E-state index in [2.05, 4.69) is 15.4 Å². The zero-order valence-corrected chi connectivity index (χ0v) is 19.3. The van der Waals surface area contributed by atoms with Crippen molar-refractivity contribution in [2.24, 2.45) is 0 Å². The standard InChI is InChI=1S/C24H26FN5O5/c1-24(2,34)20(25)12-29-11-13-6-18(19(9-16(13)23(29)33)35-15-7-14(31)8-15)28-22(32)17-10-27-30-5-3-4-26-21(17)30/h3-6,9-10,14-15,20,31,34H,7-8,11-12H2,1-2H3,(H,28,32)/t14?,15?,20-/m1/s1. The van der Waals surface area contributed by atoms with Crippen LogP contribution in [0.2, 0.25) is 0 Å². The second kappa shape index (κ2) is 8.58. The molecule has 0 saturated heterocycles. The zero-order valence-electron chi connectivity index (χ0n) is 19.3. The molecule has 35 heavy (non-hydrogen) atoms. The lowest BCUT2D eigenvalue weighted by atomic mass is 9.92. The SMILES string of the molecule is CC(C)(O)[C@H](F)CN1Cc2cc(NC(=O)c3cnn4cccnc34)c(OC3CC(O)C3)cc2C1=O. The quantitative estimate of drug-likeness (QED) is 0.468. The third-order valence-corrected chi connectivity index (χ3v) is 6.37. The van der Waals surface area contributed by atoms with Crippen LogP contribution in [0, 0.1) is 0 Å². The molecule has 184 valence electrons. The van der Waals surface area contributed by atoms with Crippen LogP contribution >= 0.6 is 0 Å². The lowest BCUT2D eigenvalue weighted by Crippen LogP contribution is -2.42. The Morgan fingerprint density at radius 2 is 2.14 bits per heavy atom. The van der Waals surface area contributed by atoms with Gasteiger partial charge in [0, 0.05) is 37.3 Å². The number of nitrogens with zero attached hydrogens (tertiary/aromatic N) is 4. The van der Waals surface area contributed by atoms with E-state index in [-0.39, 0.29) is 36.4 Å². The Labute approximate surface area is 200 Å². The van der Waals surface area contributed by atoms with Gasteiger partial charge >= 0.3 is 0 Å². The fourth-order valence-electron chi connectivity index (χ4n) is 4.15. The molecule has 0 radical (unpaired) electrons. The van der Waals surface area contributed by atoms with Crippen molar-refractivity contribution in [1.29, 1.82) is 0 Å². The number of aliphatic hydroxyl groups is 2. The first-order valence-electron chi connectivity index (χ1n) is 11.4. The zero-order chi connectivity index (χ0) is 24.9. The van der Waals surface area contributed by atoms with Crippen LogP contribution in [-0.4, -0.2) is 72.1 Å². The highest BCUT2D eigenvalue weighted by molar-refractivity contribution is 6.09. The Bertz CT molecular complexity index is 1300. The van der Waals surface area contributed by atoms with Crippen molar-refractivity contribution in [2.45, 2.75) is 57.2 Å². The highest BCUT2D eigenvalue weighted by Crippen LogP contribution is 2.37. The number of aliphatic hydroxyl groups excluding tert-OH is 1. The van der Waals surface area contributed by atoms with E-state index in [0.717, 1.165) is 0 Å². The number of nitrogens with one attached hydrogen (secondary N) is 1. The molecule has 1 fully saturated rings. The van der Waals surface area contributed by atoms with Gasteiger partial charge in [0.15, 0.2) is 5.65 Å². The fraction of sp³-hybridized carbons (Fsp3) is 0.417. The van der Waals surface area contributed by atoms with Crippen molar-refractivity contribution in [2.75, 3.05) is 11.9 Å². The molecule has 0 spiro atoms. The third kappa shape index (κ3) is 4.44. The predicted octanol–water partition coefficient (Wildman–Crippen LogP) is 1.95. The number of halogens is 1. The van der Waals surface area contributed by atoms with E-state index in [1.54, 1.807) is 30.6 Å². The summed E-state index contributed by atoms with van der Waals surface area (Å²) in [7, 11) is 0. The monoisotopic (exact) mass is 483 g/mol. The van der Waals surface area contributed by atoms with Crippen molar-refractivity contribution in [3.63, 3.8) is 0 Å². The Morgan fingerprint density at radius 1 is 1.37 bits per heavy atom. The number of aromatic nitrogens is 3. The summed E-state index contributed by atoms with van der Waals surface area (Å²) in [5, 5.41) is 26.5. The molecule has 3 aromatic rings. The summed E-state index contributed by atoms with van der Waals surface area (Å²) in [5.41, 5.74) is 0.359. The number of ether oxygens (including phenoxy) is 1. The first-order chi connectivity index (χ1) is 16.6. The van der Waals surface area contributed by atoms with Gasteiger partial charge in [-0.15, -0.1) is 0 Å². The Morgan fingerprint density at radius 3 is 2.86 bits per heavy atom. The van der Waals surface area contributed by atoms with E-state index in [4.69, 9.17) is 4.74 Å². The van der Waals surface area contributed by atoms with E-state index < -0.39 is 23.8 Å². The molecule has 1 aliphatic heterocycles. The first-order valence-corrected chi connectivity index (χ1v) is 11.4. The molecule has 1 aromatic carbocycles. The summed E-state index contributed by atoms with van der Waals surface area (Å²) >= 11 is 0. The number of amides is 2. The normalized spacial score (nSPS) is 20.5. The van der Waals surface area contributed by atoms with Gasteiger partial charge in [-0.25, -0.2) is 13.9 Å². The van der Waals surface area contributed by atoms with Crippen molar-refractivity contribution < 1.29 is 28.9 Å². The van der Waals surface area contributed by atoms with Crippen LogP contribution in [0.15, 0.2) is 36.8 Å². The molecule has 0 bridgehead atoms. The summed E-state index contributed by atoms with van der Waals surface area (Å²) in [6.45, 7) is 2.58. The molecule has 10 nitrogen and oxygen atoms in total. The van der Waals surface area contributed by atoms with E-state index in [1.807, 2.05) is 0 Å². The summed E-state index contributed by atoms with van der Waals surface area (Å²) in [6, 6.07) is 4.89. The summed E-state index contributed by atoms with van der Waals surface area (Å²) in [5.74, 6) is -0.549. The molecule has 1 atom stereocenters. The number of carbonyl (C=O) groups is 2. The van der Waals surface area contributed by atoms with Crippen molar-refractivity contribution in [3.05, 3.63) is 53.5 Å². The fourth-order valence-corrected chi connectivity index (χ4v) is 4.15. The highest BCUT2D eigenvalue weighted by Gasteiger charge is 2.36. The molecule has 1 aliphatic carbocycles. The molecule has 0 unspecified atom stereocenters. The predicted molar refractivity (Wildman–Crippen MR) is 123 cm³/mol. The van der Waals surface area contributed by atoms with Crippen LogP contribution in [0.5, 0.6) is 5.75 Å². The lowest BCUT2D eigenvalue weighted by Gasteiger charge is -2.32. The van der Waals surface area contributed by atoms with Gasteiger partial charge in [-0.2, -0.15) is 5.10 Å². The number of rotatable bonds is 7. The van der Waals surface area contributed by atoms with Gasteiger partial charge in [-0.3, -0.25) is 9.59 Å². The number of alkyl halides is 1. The van der Waals surface area contributed by atoms with Crippen LogP contribution in [0.1, 0.15) is 53.0 Å². The average Bonchev–Trinajstić information content (AvgIpc) is 3.34. The maximum atomic E-state index is 14.5. The van der Waals surface area contributed by atoms with Crippen molar-refractivity contribution in [1.82, 2.24) is 19.5 Å². The van der Waals surface area contributed by atoms with Crippen LogP contribution in [-0.2, 0) is 6.54 Å². The number of anilines is 1. The number of benzene rings is 1. The van der Waals surface area contributed by atoms with Crippen molar-refractivity contribution in [3.8, 4) is 5.75 Å². The second-order valence-corrected chi connectivity index (χ2v) is 9.58. The maximum Gasteiger partial charge on any atom is 0.261 e. The van der Waals surface area contributed by atoms with Gasteiger partial charge in [-0.05, 0) is 37.6 Å². The molecule has 1 saturated carbocycles. The topological polar surface area (TPSA) is 129 Å². The minimum absolute atomic E-state index is 0.133. The average molecular weight is 484 g/mol. The smallest absolute Gasteiger partial charge is 0.261 e. The molecule has 3 N–H and O–H groups in total. The summed E-state index contributed by atoms with van der Waals surface area (Å²) < 4.78 is 22.0. The van der Waals surface area contributed by atoms with Gasteiger partial charge in [0.1, 0.15) is 23.6 Å². The molecular weight excluding hydrogens is 457 g/mol. The van der Waals surface area contributed by atoms with Gasteiger partial charge < -0.3 is 25.2 Å². The van der Waals surface area contributed by atoms with Crippen LogP contribution in [0.3, 0.4) is 0 Å². The van der Waals surface area contributed by atoms with Crippen LogP contribution < -0.4 is 10.1 Å². The second-order valence-electron chi connectivity index (χ2n) is 9.58. The molecule has 5 rings (SSSR count).